The maximum atomic E-state index is 11.9. The van der Waals surface area contributed by atoms with Gasteiger partial charge in [-0.3, -0.25) is 9.59 Å². The van der Waals surface area contributed by atoms with Gasteiger partial charge in [0.05, 0.1) is 6.61 Å². The van der Waals surface area contributed by atoms with Crippen molar-refractivity contribution in [3.63, 3.8) is 0 Å². The molecule has 0 bridgehead atoms. The highest BCUT2D eigenvalue weighted by Gasteiger charge is 2.11. The number of Topliss-reactive ketones (excluding diaryl/α,β-unsaturated/α-hetero) is 1. The summed E-state index contributed by atoms with van der Waals surface area (Å²) >= 11 is 0. The maximum absolute atomic E-state index is 11.9. The van der Waals surface area contributed by atoms with E-state index in [1.165, 1.54) is 0 Å². The van der Waals surface area contributed by atoms with E-state index < -0.39 is 5.97 Å². The van der Waals surface area contributed by atoms with Crippen molar-refractivity contribution in [2.24, 2.45) is 0 Å². The Balaban J connectivity index is 1.55. The predicted octanol–water partition coefficient (Wildman–Crippen LogP) is 5.12. The third-order valence-corrected chi connectivity index (χ3v) is 4.31. The van der Waals surface area contributed by atoms with Crippen LogP contribution in [0.1, 0.15) is 24.5 Å². The van der Waals surface area contributed by atoms with Crippen LogP contribution in [0, 0.1) is 0 Å². The van der Waals surface area contributed by atoms with E-state index in [-0.39, 0.29) is 25.2 Å². The van der Waals surface area contributed by atoms with Crippen LogP contribution in [0.25, 0.3) is 0 Å². The van der Waals surface area contributed by atoms with Gasteiger partial charge in [-0.25, -0.2) is 0 Å². The third-order valence-electron chi connectivity index (χ3n) is 4.31. The van der Waals surface area contributed by atoms with E-state index in [1.54, 1.807) is 6.92 Å². The number of carbonyl (C=O) groups is 2. The first-order valence-corrected chi connectivity index (χ1v) is 9.84. The number of hydrogen-bond donors (Lipinski definition) is 0. The zero-order valence-corrected chi connectivity index (χ0v) is 16.9. The second-order valence-electron chi connectivity index (χ2n) is 6.65. The average Bonchev–Trinajstić information content (AvgIpc) is 2.75. The van der Waals surface area contributed by atoms with Gasteiger partial charge in [0.15, 0.2) is 0 Å². The van der Waals surface area contributed by atoms with Crippen LogP contribution >= 0.6 is 0 Å². The molecule has 3 aromatic carbocycles. The molecule has 0 aliphatic heterocycles. The summed E-state index contributed by atoms with van der Waals surface area (Å²) in [6.07, 6.45) is -0.0167. The number of ether oxygens (including phenoxy) is 3. The molecule has 3 aromatic rings. The highest BCUT2D eigenvalue weighted by Crippen LogP contribution is 2.26. The minimum absolute atomic E-state index is 0.172. The van der Waals surface area contributed by atoms with Gasteiger partial charge in [0, 0.05) is 12.0 Å². The van der Waals surface area contributed by atoms with Crippen molar-refractivity contribution in [2.45, 2.75) is 26.4 Å². The second-order valence-corrected chi connectivity index (χ2v) is 6.65. The molecule has 3 rings (SSSR count). The van der Waals surface area contributed by atoms with Crippen molar-refractivity contribution in [2.75, 3.05) is 6.61 Å². The molecule has 0 saturated heterocycles. The largest absolute Gasteiger partial charge is 0.489 e. The van der Waals surface area contributed by atoms with Crippen LogP contribution in [0.5, 0.6) is 17.2 Å². The minimum atomic E-state index is -0.487. The fourth-order valence-corrected chi connectivity index (χ4v) is 2.87. The number of carbonyl (C=O) groups excluding carboxylic acids is 2. The summed E-state index contributed by atoms with van der Waals surface area (Å²) in [5, 5.41) is 0. The number of para-hydroxylation sites is 2. The Hall–Kier alpha value is -3.60. The highest BCUT2D eigenvalue weighted by molar-refractivity contribution is 5.96. The lowest BCUT2D eigenvalue weighted by atomic mass is 10.1. The van der Waals surface area contributed by atoms with Gasteiger partial charge < -0.3 is 14.2 Å². The number of hydrogen-bond acceptors (Lipinski definition) is 5. The van der Waals surface area contributed by atoms with E-state index in [4.69, 9.17) is 14.2 Å². The van der Waals surface area contributed by atoms with Crippen molar-refractivity contribution >= 4 is 11.8 Å². The fraction of sp³-hybridized carbons (Fsp3) is 0.200. The molecule has 30 heavy (non-hydrogen) atoms. The summed E-state index contributed by atoms with van der Waals surface area (Å²) in [5.74, 6) is 1.53. The van der Waals surface area contributed by atoms with Crippen LogP contribution in [-0.4, -0.2) is 18.4 Å². The summed E-state index contributed by atoms with van der Waals surface area (Å²) < 4.78 is 16.6. The molecule has 0 radical (unpaired) electrons. The summed E-state index contributed by atoms with van der Waals surface area (Å²) in [5.41, 5.74) is 1.75. The normalized spacial score (nSPS) is 10.3. The van der Waals surface area contributed by atoms with E-state index in [2.05, 4.69) is 0 Å². The van der Waals surface area contributed by atoms with Crippen LogP contribution in [0.3, 0.4) is 0 Å². The molecule has 0 aliphatic rings. The first-order chi connectivity index (χ1) is 14.6. The Morgan fingerprint density at radius 3 is 2.23 bits per heavy atom. The minimum Gasteiger partial charge on any atom is -0.489 e. The molecule has 0 spiro atoms. The highest BCUT2D eigenvalue weighted by atomic mass is 16.5. The Bertz CT molecular complexity index is 964. The predicted molar refractivity (Wildman–Crippen MR) is 114 cm³/mol. The molecule has 5 heteroatoms. The molecule has 0 aromatic heterocycles. The van der Waals surface area contributed by atoms with Gasteiger partial charge in [-0.05, 0) is 42.8 Å². The molecule has 0 amide bonds. The molecule has 0 saturated carbocycles. The van der Waals surface area contributed by atoms with Crippen molar-refractivity contribution in [3.8, 4) is 17.2 Å². The molecule has 154 valence electrons. The number of ketones is 1. The standard InChI is InChI=1S/C25H24O5/c1-2-28-25(27)17-21(26)16-19-12-14-22(15-13-19)29-18-20-8-6-7-11-24(20)30-23-9-4-3-5-10-23/h3-15H,2,16-18H2,1H3. The summed E-state index contributed by atoms with van der Waals surface area (Å²) in [6.45, 7) is 2.34. The second kappa shape index (κ2) is 10.8. The average molecular weight is 404 g/mol. The summed E-state index contributed by atoms with van der Waals surface area (Å²) in [7, 11) is 0. The van der Waals surface area contributed by atoms with Gasteiger partial charge in [-0.2, -0.15) is 0 Å². The lowest BCUT2D eigenvalue weighted by molar-refractivity contribution is -0.145. The van der Waals surface area contributed by atoms with Crippen LogP contribution in [0.4, 0.5) is 0 Å². The molecule has 5 nitrogen and oxygen atoms in total. The van der Waals surface area contributed by atoms with Gasteiger partial charge in [0.2, 0.25) is 0 Å². The molecule has 0 atom stereocenters. The first kappa shape index (κ1) is 21.1. The number of benzene rings is 3. The van der Waals surface area contributed by atoms with E-state index in [1.807, 2.05) is 78.9 Å². The number of rotatable bonds is 10. The fourth-order valence-electron chi connectivity index (χ4n) is 2.87. The van der Waals surface area contributed by atoms with Crippen LogP contribution in [0.15, 0.2) is 78.9 Å². The van der Waals surface area contributed by atoms with E-state index in [0.717, 1.165) is 22.6 Å². The Labute approximate surface area is 176 Å². The summed E-state index contributed by atoms with van der Waals surface area (Å²) in [4.78, 5) is 23.3. The maximum Gasteiger partial charge on any atom is 0.313 e. The van der Waals surface area contributed by atoms with Gasteiger partial charge >= 0.3 is 5.97 Å². The van der Waals surface area contributed by atoms with Crippen LogP contribution in [0.2, 0.25) is 0 Å². The third kappa shape index (κ3) is 6.48. The molecule has 0 unspecified atom stereocenters. The monoisotopic (exact) mass is 404 g/mol. The number of esters is 1. The molecular formula is C25H24O5. The van der Waals surface area contributed by atoms with Crippen molar-refractivity contribution in [1.82, 2.24) is 0 Å². The van der Waals surface area contributed by atoms with Crippen LogP contribution < -0.4 is 9.47 Å². The zero-order chi connectivity index (χ0) is 21.2. The SMILES string of the molecule is CCOC(=O)CC(=O)Cc1ccc(OCc2ccccc2Oc2ccccc2)cc1. The quantitative estimate of drug-likeness (QED) is 0.347. The smallest absolute Gasteiger partial charge is 0.313 e. The van der Waals surface area contributed by atoms with E-state index >= 15 is 0 Å². The Morgan fingerprint density at radius 2 is 1.50 bits per heavy atom. The first-order valence-electron chi connectivity index (χ1n) is 9.84. The molecule has 0 fully saturated rings. The van der Waals surface area contributed by atoms with Gasteiger partial charge in [-0.1, -0.05) is 48.5 Å². The lowest BCUT2D eigenvalue weighted by Gasteiger charge is -2.12. The Morgan fingerprint density at radius 1 is 0.800 bits per heavy atom. The molecule has 0 heterocycles. The zero-order valence-electron chi connectivity index (χ0n) is 16.9. The van der Waals surface area contributed by atoms with Crippen molar-refractivity contribution in [3.05, 3.63) is 90.0 Å². The van der Waals surface area contributed by atoms with E-state index in [0.29, 0.717) is 12.4 Å². The van der Waals surface area contributed by atoms with Crippen LogP contribution in [-0.2, 0) is 27.4 Å². The molecule has 0 aliphatic carbocycles. The van der Waals surface area contributed by atoms with Gasteiger partial charge in [0.25, 0.3) is 0 Å². The topological polar surface area (TPSA) is 61.8 Å². The lowest BCUT2D eigenvalue weighted by Crippen LogP contribution is -2.12. The van der Waals surface area contributed by atoms with Gasteiger partial charge in [0.1, 0.15) is 36.1 Å². The van der Waals surface area contributed by atoms with Crippen molar-refractivity contribution in [1.29, 1.82) is 0 Å². The van der Waals surface area contributed by atoms with Gasteiger partial charge in [-0.15, -0.1) is 0 Å². The van der Waals surface area contributed by atoms with E-state index in [9.17, 15) is 9.59 Å². The Kier molecular flexibility index (Phi) is 7.61. The molecule has 0 N–H and O–H groups in total. The van der Waals surface area contributed by atoms with Crippen molar-refractivity contribution < 1.29 is 23.8 Å². The molecular weight excluding hydrogens is 380 g/mol. The summed E-state index contributed by atoms with van der Waals surface area (Å²) in [6, 6.07) is 24.6.